The Kier molecular flexibility index (Phi) is 8.94. The number of nitrogens with zero attached hydrogens (tertiary/aromatic N) is 2. The van der Waals surface area contributed by atoms with Gasteiger partial charge in [0.2, 0.25) is 0 Å². The van der Waals surface area contributed by atoms with Crippen molar-refractivity contribution in [1.82, 2.24) is 4.57 Å². The molecule has 0 saturated heterocycles. The van der Waals surface area contributed by atoms with E-state index in [1.807, 2.05) is 0 Å². The maximum absolute atomic E-state index is 6.77. The molecule has 0 amide bonds. The molecule has 0 unspecified atom stereocenters. The molecular weight excluding hydrogens is 949 g/mol. The van der Waals surface area contributed by atoms with Crippen LogP contribution in [-0.4, -0.2) is 4.57 Å². The first-order valence-electron chi connectivity index (χ1n) is 26.9. The van der Waals surface area contributed by atoms with Crippen LogP contribution in [0.1, 0.15) is 44.5 Å². The first kappa shape index (κ1) is 43.1. The molecule has 0 radical (unpaired) electrons. The van der Waals surface area contributed by atoms with Crippen molar-refractivity contribution in [2.24, 2.45) is 0 Å². The van der Waals surface area contributed by atoms with Gasteiger partial charge in [0, 0.05) is 55.8 Å². The van der Waals surface area contributed by atoms with E-state index in [1.54, 1.807) is 0 Å². The Bertz CT molecular complexity index is 4550. The Balaban J connectivity index is 0.887. The highest BCUT2D eigenvalue weighted by molar-refractivity contribution is 6.10. The van der Waals surface area contributed by atoms with Crippen LogP contribution in [0, 0.1) is 0 Å². The first-order chi connectivity index (χ1) is 38.7. The summed E-state index contributed by atoms with van der Waals surface area (Å²) in [6, 6.07) is 102. The average Bonchev–Trinajstić information content (AvgIpc) is 4.28. The summed E-state index contributed by atoms with van der Waals surface area (Å²) in [6.45, 7) is 0. The van der Waals surface area contributed by atoms with E-state index in [0.717, 1.165) is 79.1 Å². The number of anilines is 3. The SMILES string of the molecule is c1ccc(-n2c3ccccc3c3ccc(-c4ccc(N(c5ccc6c(c5)-c5ccccc5C65c6ccccc6Oc6ccccc65)c5ccc6c(c5)C5(c7ccccc7Oc7ccccc75)c5ccccc5-6)cc4)cc32)cc1. The lowest BCUT2D eigenvalue weighted by Crippen LogP contribution is -2.32. The van der Waals surface area contributed by atoms with Crippen LogP contribution in [0.3, 0.4) is 0 Å². The molecule has 17 rings (SSSR count). The highest BCUT2D eigenvalue weighted by Crippen LogP contribution is 2.65. The second kappa shape index (κ2) is 16.2. The summed E-state index contributed by atoms with van der Waals surface area (Å²) in [4.78, 5) is 2.47. The van der Waals surface area contributed by atoms with Crippen LogP contribution in [0.5, 0.6) is 23.0 Å². The van der Waals surface area contributed by atoms with Gasteiger partial charge in [-0.25, -0.2) is 0 Å². The molecular formula is C74H46N2O2. The van der Waals surface area contributed by atoms with Crippen LogP contribution in [-0.2, 0) is 10.8 Å². The first-order valence-corrected chi connectivity index (χ1v) is 26.9. The molecule has 0 atom stereocenters. The summed E-state index contributed by atoms with van der Waals surface area (Å²) in [6.07, 6.45) is 0. The minimum absolute atomic E-state index is 0.578. The average molecular weight is 995 g/mol. The normalized spacial score (nSPS) is 14.1. The third-order valence-electron chi connectivity index (χ3n) is 17.3. The van der Waals surface area contributed by atoms with E-state index in [1.165, 1.54) is 66.3 Å². The number of ether oxygens (including phenoxy) is 2. The Morgan fingerprint density at radius 1 is 0.269 bits per heavy atom. The summed E-state index contributed by atoms with van der Waals surface area (Å²) in [7, 11) is 0. The highest BCUT2D eigenvalue weighted by Gasteiger charge is 2.53. The number of rotatable bonds is 5. The minimum atomic E-state index is -0.628. The van der Waals surface area contributed by atoms with Gasteiger partial charge in [0.05, 0.1) is 21.9 Å². The van der Waals surface area contributed by atoms with Crippen molar-refractivity contribution in [2.45, 2.75) is 10.8 Å². The van der Waals surface area contributed by atoms with Gasteiger partial charge in [-0.05, 0) is 141 Å². The summed E-state index contributed by atoms with van der Waals surface area (Å²) >= 11 is 0. The van der Waals surface area contributed by atoms with Crippen molar-refractivity contribution >= 4 is 38.9 Å². The fourth-order valence-corrected chi connectivity index (χ4v) is 14.2. The third kappa shape index (κ3) is 5.73. The van der Waals surface area contributed by atoms with Gasteiger partial charge in [-0.1, -0.05) is 194 Å². The lowest BCUT2D eigenvalue weighted by molar-refractivity contribution is 0.436. The van der Waals surface area contributed by atoms with Crippen molar-refractivity contribution in [3.8, 4) is 62.1 Å². The molecule has 3 heterocycles. The van der Waals surface area contributed by atoms with E-state index < -0.39 is 10.8 Å². The van der Waals surface area contributed by atoms with Gasteiger partial charge in [-0.15, -0.1) is 0 Å². The summed E-state index contributed by atoms with van der Waals surface area (Å²) in [5.74, 6) is 3.52. The molecule has 78 heavy (non-hydrogen) atoms. The topological polar surface area (TPSA) is 26.6 Å². The van der Waals surface area contributed by atoms with Crippen LogP contribution in [0.15, 0.2) is 279 Å². The van der Waals surface area contributed by atoms with Gasteiger partial charge in [-0.2, -0.15) is 0 Å². The van der Waals surface area contributed by atoms with Crippen molar-refractivity contribution in [1.29, 1.82) is 0 Å². The van der Waals surface area contributed by atoms with E-state index in [0.29, 0.717) is 0 Å². The van der Waals surface area contributed by atoms with E-state index in [9.17, 15) is 0 Å². The highest BCUT2D eigenvalue weighted by atomic mass is 16.5. The molecule has 0 N–H and O–H groups in total. The zero-order valence-electron chi connectivity index (χ0n) is 42.3. The molecule has 0 bridgehead atoms. The van der Waals surface area contributed by atoms with Gasteiger partial charge in [-0.3, -0.25) is 0 Å². The standard InChI is InChI=1S/C74H46N2O2/c1-2-18-49(19-3-1)76-67-29-13-6-22-56(67)57-41-36-48(44-68(57)76)47-34-37-50(38-35-47)75(51-40-43-61-58(45-51)54-21-5-8-24-60(54)73(61)62-25-9-14-30-69(62)77-70-31-15-10-26-63(70)73)52-39-42-55-53-20-4-7-23-59(53)74(66(55)46-52)64-27-11-16-32-71(64)78-72-33-17-12-28-65(72)74/h1-46H. The van der Waals surface area contributed by atoms with Crippen LogP contribution >= 0.6 is 0 Å². The second-order valence-corrected chi connectivity index (χ2v) is 21.0. The number of hydrogen-bond acceptors (Lipinski definition) is 3. The molecule has 4 heteroatoms. The molecule has 13 aromatic rings. The summed E-state index contributed by atoms with van der Waals surface area (Å²) in [5.41, 5.74) is 22.3. The lowest BCUT2D eigenvalue weighted by Gasteiger charge is -2.40. The maximum atomic E-state index is 6.77. The predicted octanol–water partition coefficient (Wildman–Crippen LogP) is 18.9. The van der Waals surface area contributed by atoms with Gasteiger partial charge >= 0.3 is 0 Å². The smallest absolute Gasteiger partial charge is 0.132 e. The van der Waals surface area contributed by atoms with Crippen LogP contribution in [0.4, 0.5) is 17.1 Å². The van der Waals surface area contributed by atoms with E-state index in [-0.39, 0.29) is 0 Å². The quantitative estimate of drug-likeness (QED) is 0.172. The molecule has 1 aromatic heterocycles. The van der Waals surface area contributed by atoms with Crippen LogP contribution in [0.2, 0.25) is 0 Å². The van der Waals surface area contributed by atoms with E-state index >= 15 is 0 Å². The number of para-hydroxylation sites is 6. The Morgan fingerprint density at radius 2 is 0.705 bits per heavy atom. The Hall–Kier alpha value is -10.2. The molecule has 2 aliphatic carbocycles. The second-order valence-electron chi connectivity index (χ2n) is 21.0. The number of hydrogen-bond donors (Lipinski definition) is 0. The Labute approximate surface area is 451 Å². The zero-order chi connectivity index (χ0) is 51.1. The van der Waals surface area contributed by atoms with Crippen molar-refractivity contribution < 1.29 is 9.47 Å². The van der Waals surface area contributed by atoms with Crippen molar-refractivity contribution in [3.05, 3.63) is 324 Å². The lowest BCUT2D eigenvalue weighted by atomic mass is 9.66. The molecule has 2 aliphatic heterocycles. The monoisotopic (exact) mass is 994 g/mol. The summed E-state index contributed by atoms with van der Waals surface area (Å²) in [5, 5.41) is 2.48. The number of benzene rings is 12. The van der Waals surface area contributed by atoms with E-state index in [2.05, 4.69) is 289 Å². The molecule has 2 spiro atoms. The molecule has 4 nitrogen and oxygen atoms in total. The fourth-order valence-electron chi connectivity index (χ4n) is 14.2. The number of fused-ring (bicyclic) bond motifs is 21. The summed E-state index contributed by atoms with van der Waals surface area (Å²) < 4.78 is 15.9. The molecule has 0 saturated carbocycles. The minimum Gasteiger partial charge on any atom is -0.457 e. The Morgan fingerprint density at radius 3 is 1.33 bits per heavy atom. The van der Waals surface area contributed by atoms with Gasteiger partial charge in [0.1, 0.15) is 23.0 Å². The van der Waals surface area contributed by atoms with E-state index in [4.69, 9.17) is 9.47 Å². The maximum Gasteiger partial charge on any atom is 0.132 e. The van der Waals surface area contributed by atoms with Crippen LogP contribution < -0.4 is 14.4 Å². The molecule has 4 aliphatic rings. The number of aromatic nitrogens is 1. The van der Waals surface area contributed by atoms with Gasteiger partial charge in [0.25, 0.3) is 0 Å². The predicted molar refractivity (Wildman–Crippen MR) is 316 cm³/mol. The fraction of sp³-hybridized carbons (Fsp3) is 0.0270. The third-order valence-corrected chi connectivity index (χ3v) is 17.3. The van der Waals surface area contributed by atoms with Gasteiger partial charge in [0.15, 0.2) is 0 Å². The molecule has 12 aromatic carbocycles. The van der Waals surface area contributed by atoms with Gasteiger partial charge < -0.3 is 18.9 Å². The molecule has 0 fully saturated rings. The largest absolute Gasteiger partial charge is 0.457 e. The van der Waals surface area contributed by atoms with Crippen molar-refractivity contribution in [2.75, 3.05) is 4.90 Å². The molecule has 364 valence electrons. The zero-order valence-corrected chi connectivity index (χ0v) is 42.3. The van der Waals surface area contributed by atoms with Crippen molar-refractivity contribution in [3.63, 3.8) is 0 Å². The van der Waals surface area contributed by atoms with Crippen LogP contribution in [0.25, 0.3) is 60.9 Å².